The fourth-order valence-electron chi connectivity index (χ4n) is 2.84. The molecule has 0 aromatic heterocycles. The second kappa shape index (κ2) is 6.31. The first-order valence-corrected chi connectivity index (χ1v) is 7.63. The van der Waals surface area contributed by atoms with Gasteiger partial charge in [0.15, 0.2) is 11.5 Å². The van der Waals surface area contributed by atoms with E-state index in [4.69, 9.17) is 9.47 Å². The highest BCUT2D eigenvalue weighted by Crippen LogP contribution is 2.32. The molecular formula is C17H23NO2. The zero-order valence-corrected chi connectivity index (χ0v) is 12.1. The van der Waals surface area contributed by atoms with Crippen LogP contribution in [-0.4, -0.2) is 19.3 Å². The van der Waals surface area contributed by atoms with Crippen LogP contribution in [0.15, 0.2) is 30.4 Å². The standard InChI is InChI=1S/C17H23NO2/c1-13(18-15-6-3-2-4-7-15)14-8-9-16-17(12-14)20-11-5-10-19-16/h2-3,8-9,12-13,15,18H,4-7,10-11H2,1H3. The van der Waals surface area contributed by atoms with Crippen LogP contribution in [0, 0.1) is 0 Å². The zero-order chi connectivity index (χ0) is 13.8. The van der Waals surface area contributed by atoms with Crippen molar-refractivity contribution in [2.24, 2.45) is 0 Å². The molecule has 0 amide bonds. The van der Waals surface area contributed by atoms with Gasteiger partial charge < -0.3 is 14.8 Å². The Kier molecular flexibility index (Phi) is 4.26. The van der Waals surface area contributed by atoms with Crippen molar-refractivity contribution in [1.29, 1.82) is 0 Å². The first-order valence-electron chi connectivity index (χ1n) is 7.63. The number of hydrogen-bond donors (Lipinski definition) is 1. The average Bonchev–Trinajstić information content (AvgIpc) is 2.72. The van der Waals surface area contributed by atoms with E-state index in [1.54, 1.807) is 0 Å². The number of ether oxygens (including phenoxy) is 2. The lowest BCUT2D eigenvalue weighted by Crippen LogP contribution is -2.32. The number of hydrogen-bond acceptors (Lipinski definition) is 3. The van der Waals surface area contributed by atoms with Crippen LogP contribution in [0.4, 0.5) is 0 Å². The normalized spacial score (nSPS) is 23.1. The van der Waals surface area contributed by atoms with Crippen LogP contribution in [0.3, 0.4) is 0 Å². The maximum Gasteiger partial charge on any atom is 0.161 e. The minimum absolute atomic E-state index is 0.337. The largest absolute Gasteiger partial charge is 0.490 e. The van der Waals surface area contributed by atoms with Gasteiger partial charge in [-0.05, 0) is 43.9 Å². The van der Waals surface area contributed by atoms with E-state index in [0.29, 0.717) is 12.1 Å². The number of nitrogens with one attached hydrogen (secondary N) is 1. The fraction of sp³-hybridized carbons (Fsp3) is 0.529. The quantitative estimate of drug-likeness (QED) is 0.853. The lowest BCUT2D eigenvalue weighted by molar-refractivity contribution is 0.297. The topological polar surface area (TPSA) is 30.5 Å². The second-order valence-electron chi connectivity index (χ2n) is 5.63. The second-order valence-corrected chi connectivity index (χ2v) is 5.63. The van der Waals surface area contributed by atoms with Crippen molar-refractivity contribution >= 4 is 0 Å². The van der Waals surface area contributed by atoms with Crippen LogP contribution in [0.25, 0.3) is 0 Å². The summed E-state index contributed by atoms with van der Waals surface area (Å²) in [4.78, 5) is 0. The molecule has 3 rings (SSSR count). The summed E-state index contributed by atoms with van der Waals surface area (Å²) in [5, 5.41) is 3.71. The summed E-state index contributed by atoms with van der Waals surface area (Å²) in [5.74, 6) is 1.76. The molecule has 108 valence electrons. The first kappa shape index (κ1) is 13.5. The SMILES string of the molecule is CC(NC1CC=CCC1)c1ccc2c(c1)OCCCO2. The Morgan fingerprint density at radius 3 is 2.80 bits per heavy atom. The molecule has 3 heteroatoms. The fourth-order valence-corrected chi connectivity index (χ4v) is 2.84. The molecule has 1 N–H and O–H groups in total. The number of benzene rings is 1. The number of rotatable bonds is 3. The van der Waals surface area contributed by atoms with Crippen LogP contribution in [0.1, 0.15) is 44.2 Å². The molecule has 2 atom stereocenters. The van der Waals surface area contributed by atoms with Gasteiger partial charge in [-0.15, -0.1) is 0 Å². The van der Waals surface area contributed by atoms with Crippen molar-refractivity contribution in [3.8, 4) is 11.5 Å². The maximum atomic E-state index is 5.77. The summed E-state index contributed by atoms with van der Waals surface area (Å²) in [7, 11) is 0. The Balaban J connectivity index is 1.69. The van der Waals surface area contributed by atoms with Crippen LogP contribution in [-0.2, 0) is 0 Å². The Morgan fingerprint density at radius 2 is 2.00 bits per heavy atom. The molecule has 0 saturated carbocycles. The van der Waals surface area contributed by atoms with Crippen molar-refractivity contribution in [3.63, 3.8) is 0 Å². The molecule has 0 spiro atoms. The van der Waals surface area contributed by atoms with Crippen LogP contribution < -0.4 is 14.8 Å². The molecule has 0 bridgehead atoms. The summed E-state index contributed by atoms with van der Waals surface area (Å²) in [6.07, 6.45) is 9.05. The Morgan fingerprint density at radius 1 is 1.15 bits per heavy atom. The van der Waals surface area contributed by atoms with E-state index in [1.807, 2.05) is 6.07 Å². The van der Waals surface area contributed by atoms with E-state index in [0.717, 1.165) is 37.6 Å². The van der Waals surface area contributed by atoms with Crippen molar-refractivity contribution in [2.75, 3.05) is 13.2 Å². The van der Waals surface area contributed by atoms with Crippen LogP contribution in [0.2, 0.25) is 0 Å². The van der Waals surface area contributed by atoms with Crippen LogP contribution >= 0.6 is 0 Å². The highest BCUT2D eigenvalue weighted by molar-refractivity contribution is 5.44. The van der Waals surface area contributed by atoms with E-state index >= 15 is 0 Å². The third kappa shape index (κ3) is 3.15. The van der Waals surface area contributed by atoms with Gasteiger partial charge in [0.05, 0.1) is 13.2 Å². The zero-order valence-electron chi connectivity index (χ0n) is 12.1. The van der Waals surface area contributed by atoms with E-state index in [-0.39, 0.29) is 0 Å². The maximum absolute atomic E-state index is 5.77. The van der Waals surface area contributed by atoms with E-state index in [1.165, 1.54) is 18.4 Å². The van der Waals surface area contributed by atoms with Gasteiger partial charge in [0, 0.05) is 18.5 Å². The van der Waals surface area contributed by atoms with Crippen molar-refractivity contribution < 1.29 is 9.47 Å². The third-order valence-electron chi connectivity index (χ3n) is 4.03. The molecule has 2 unspecified atom stereocenters. The average molecular weight is 273 g/mol. The molecular weight excluding hydrogens is 250 g/mol. The minimum atomic E-state index is 0.337. The van der Waals surface area contributed by atoms with Gasteiger partial charge in [0.1, 0.15) is 0 Å². The van der Waals surface area contributed by atoms with Gasteiger partial charge in [-0.2, -0.15) is 0 Å². The van der Waals surface area contributed by atoms with Gasteiger partial charge in [-0.25, -0.2) is 0 Å². The first-order chi connectivity index (χ1) is 9.83. The molecule has 2 aliphatic rings. The summed E-state index contributed by atoms with van der Waals surface area (Å²) in [6.45, 7) is 3.71. The number of allylic oxidation sites excluding steroid dienone is 1. The Hall–Kier alpha value is -1.48. The van der Waals surface area contributed by atoms with E-state index in [9.17, 15) is 0 Å². The predicted octanol–water partition coefficient (Wildman–Crippen LogP) is 3.61. The smallest absolute Gasteiger partial charge is 0.161 e. The van der Waals surface area contributed by atoms with Gasteiger partial charge in [-0.1, -0.05) is 18.2 Å². The molecule has 20 heavy (non-hydrogen) atoms. The summed E-state index contributed by atoms with van der Waals surface area (Å²) >= 11 is 0. The van der Waals surface area contributed by atoms with Crippen molar-refractivity contribution in [2.45, 2.75) is 44.7 Å². The molecule has 1 aromatic carbocycles. The molecule has 0 saturated heterocycles. The Labute approximate surface area is 121 Å². The molecule has 0 fully saturated rings. The molecule has 1 aromatic rings. The molecule has 1 aliphatic carbocycles. The molecule has 1 heterocycles. The third-order valence-corrected chi connectivity index (χ3v) is 4.03. The van der Waals surface area contributed by atoms with E-state index in [2.05, 4.69) is 36.5 Å². The van der Waals surface area contributed by atoms with Crippen LogP contribution in [0.5, 0.6) is 11.5 Å². The lowest BCUT2D eigenvalue weighted by Gasteiger charge is -2.24. The van der Waals surface area contributed by atoms with Crippen molar-refractivity contribution in [3.05, 3.63) is 35.9 Å². The van der Waals surface area contributed by atoms with Gasteiger partial charge in [-0.3, -0.25) is 0 Å². The van der Waals surface area contributed by atoms with E-state index < -0.39 is 0 Å². The van der Waals surface area contributed by atoms with Gasteiger partial charge in [0.2, 0.25) is 0 Å². The summed E-state index contributed by atoms with van der Waals surface area (Å²) in [5.41, 5.74) is 1.27. The predicted molar refractivity (Wildman–Crippen MR) is 80.4 cm³/mol. The minimum Gasteiger partial charge on any atom is -0.490 e. The highest BCUT2D eigenvalue weighted by atomic mass is 16.5. The monoisotopic (exact) mass is 273 g/mol. The van der Waals surface area contributed by atoms with Gasteiger partial charge >= 0.3 is 0 Å². The lowest BCUT2D eigenvalue weighted by atomic mass is 9.99. The molecule has 1 aliphatic heterocycles. The molecule has 3 nitrogen and oxygen atoms in total. The highest BCUT2D eigenvalue weighted by Gasteiger charge is 2.16. The summed E-state index contributed by atoms with van der Waals surface area (Å²) < 4.78 is 11.4. The Bertz CT molecular complexity index is 484. The summed E-state index contributed by atoms with van der Waals surface area (Å²) in [6, 6.07) is 7.23. The number of fused-ring (bicyclic) bond motifs is 1. The van der Waals surface area contributed by atoms with Crippen molar-refractivity contribution in [1.82, 2.24) is 5.32 Å². The molecule has 0 radical (unpaired) electrons. The van der Waals surface area contributed by atoms with Gasteiger partial charge in [0.25, 0.3) is 0 Å².